The number of methoxy groups -OCH3 is 1. The molecule has 19 heavy (non-hydrogen) atoms. The lowest BCUT2D eigenvalue weighted by Crippen LogP contribution is -2.15. The Balaban J connectivity index is 2.74. The minimum Gasteiger partial charge on any atom is -0.493 e. The van der Waals surface area contributed by atoms with Crippen LogP contribution in [0.3, 0.4) is 0 Å². The van der Waals surface area contributed by atoms with Crippen molar-refractivity contribution in [2.45, 2.75) is 33.2 Å². The molecule has 1 N–H and O–H groups in total. The fourth-order valence-electron chi connectivity index (χ4n) is 1.75. The lowest BCUT2D eigenvalue weighted by atomic mass is 10.1. The molecule has 0 saturated heterocycles. The molecule has 1 aromatic rings. The normalized spacial score (nSPS) is 10.3. The van der Waals surface area contributed by atoms with Gasteiger partial charge in [-0.25, -0.2) is 0 Å². The molecule has 3 heteroatoms. The summed E-state index contributed by atoms with van der Waals surface area (Å²) in [5, 5.41) is 3.39. The second kappa shape index (κ2) is 8.59. The van der Waals surface area contributed by atoms with Crippen molar-refractivity contribution in [3.05, 3.63) is 35.9 Å². The Kier molecular flexibility index (Phi) is 7.04. The Morgan fingerprint density at radius 3 is 2.79 bits per heavy atom. The van der Waals surface area contributed by atoms with Gasteiger partial charge in [-0.3, -0.25) is 0 Å². The molecular weight excluding hydrogens is 238 g/mol. The molecule has 0 bridgehead atoms. The van der Waals surface area contributed by atoms with Crippen LogP contribution < -0.4 is 14.8 Å². The van der Waals surface area contributed by atoms with E-state index >= 15 is 0 Å². The van der Waals surface area contributed by atoms with Crippen LogP contribution in [0.1, 0.15) is 32.3 Å². The third-order valence-corrected chi connectivity index (χ3v) is 2.80. The number of para-hydroxylation sites is 1. The van der Waals surface area contributed by atoms with E-state index in [0.717, 1.165) is 48.6 Å². The van der Waals surface area contributed by atoms with Gasteiger partial charge in [0.15, 0.2) is 11.5 Å². The van der Waals surface area contributed by atoms with Crippen LogP contribution >= 0.6 is 0 Å². The van der Waals surface area contributed by atoms with E-state index in [0.29, 0.717) is 6.61 Å². The molecule has 0 heterocycles. The summed E-state index contributed by atoms with van der Waals surface area (Å²) >= 11 is 0. The smallest absolute Gasteiger partial charge is 0.165 e. The van der Waals surface area contributed by atoms with E-state index < -0.39 is 0 Å². The van der Waals surface area contributed by atoms with Crippen LogP contribution in [0.15, 0.2) is 30.4 Å². The summed E-state index contributed by atoms with van der Waals surface area (Å²) in [6, 6.07) is 5.99. The highest BCUT2D eigenvalue weighted by atomic mass is 16.5. The lowest BCUT2D eigenvalue weighted by Gasteiger charge is -2.15. The van der Waals surface area contributed by atoms with E-state index in [1.807, 2.05) is 19.1 Å². The van der Waals surface area contributed by atoms with E-state index in [9.17, 15) is 0 Å². The third-order valence-electron chi connectivity index (χ3n) is 2.80. The van der Waals surface area contributed by atoms with Gasteiger partial charge >= 0.3 is 0 Å². The summed E-state index contributed by atoms with van der Waals surface area (Å²) < 4.78 is 11.2. The first-order valence-electron chi connectivity index (χ1n) is 6.82. The van der Waals surface area contributed by atoms with E-state index in [2.05, 4.69) is 24.9 Å². The molecule has 0 aliphatic carbocycles. The SMILES string of the molecule is C=C(C)CCOc1c(CNCCC)cccc1OC. The van der Waals surface area contributed by atoms with E-state index in [-0.39, 0.29) is 0 Å². The molecule has 0 radical (unpaired) electrons. The molecule has 1 rings (SSSR count). The third kappa shape index (κ3) is 5.35. The van der Waals surface area contributed by atoms with Crippen molar-refractivity contribution in [3.8, 4) is 11.5 Å². The van der Waals surface area contributed by atoms with Gasteiger partial charge in [0.2, 0.25) is 0 Å². The topological polar surface area (TPSA) is 30.5 Å². The van der Waals surface area contributed by atoms with Gasteiger partial charge in [0.05, 0.1) is 13.7 Å². The largest absolute Gasteiger partial charge is 0.493 e. The van der Waals surface area contributed by atoms with E-state index in [4.69, 9.17) is 9.47 Å². The number of benzene rings is 1. The van der Waals surface area contributed by atoms with Gasteiger partial charge in [0.25, 0.3) is 0 Å². The maximum atomic E-state index is 5.87. The van der Waals surface area contributed by atoms with Crippen LogP contribution in [0.5, 0.6) is 11.5 Å². The number of hydrogen-bond donors (Lipinski definition) is 1. The minimum absolute atomic E-state index is 0.635. The van der Waals surface area contributed by atoms with Crippen molar-refractivity contribution in [3.63, 3.8) is 0 Å². The molecule has 3 nitrogen and oxygen atoms in total. The van der Waals surface area contributed by atoms with Crippen LogP contribution in [0.4, 0.5) is 0 Å². The molecule has 0 fully saturated rings. The van der Waals surface area contributed by atoms with Crippen molar-refractivity contribution < 1.29 is 9.47 Å². The van der Waals surface area contributed by atoms with Crippen LogP contribution in [0.25, 0.3) is 0 Å². The predicted octanol–water partition coefficient (Wildman–Crippen LogP) is 3.54. The molecule has 0 aliphatic rings. The second-order valence-electron chi connectivity index (χ2n) is 4.68. The second-order valence-corrected chi connectivity index (χ2v) is 4.68. The van der Waals surface area contributed by atoms with Crippen LogP contribution in [-0.4, -0.2) is 20.3 Å². The average Bonchev–Trinajstić information content (AvgIpc) is 2.40. The summed E-state index contributed by atoms with van der Waals surface area (Å²) in [7, 11) is 1.67. The number of hydrogen-bond acceptors (Lipinski definition) is 3. The molecule has 0 aliphatic heterocycles. The fourth-order valence-corrected chi connectivity index (χ4v) is 1.75. The highest BCUT2D eigenvalue weighted by molar-refractivity contribution is 5.46. The van der Waals surface area contributed by atoms with Gasteiger partial charge in [0.1, 0.15) is 0 Å². The molecule has 0 unspecified atom stereocenters. The summed E-state index contributed by atoms with van der Waals surface area (Å²) in [6.45, 7) is 10.5. The molecule has 0 saturated carbocycles. The Hall–Kier alpha value is -1.48. The summed E-state index contributed by atoms with van der Waals surface area (Å²) in [5.41, 5.74) is 2.26. The maximum Gasteiger partial charge on any atom is 0.165 e. The summed E-state index contributed by atoms with van der Waals surface area (Å²) in [5.74, 6) is 1.63. The standard InChI is InChI=1S/C16H25NO2/c1-5-10-17-12-14-7-6-8-15(18-4)16(14)19-11-9-13(2)3/h6-8,17H,2,5,9-12H2,1,3-4H3. The molecule has 1 aromatic carbocycles. The minimum atomic E-state index is 0.635. The molecule has 0 amide bonds. The molecular formula is C16H25NO2. The highest BCUT2D eigenvalue weighted by Gasteiger charge is 2.10. The van der Waals surface area contributed by atoms with E-state index in [1.165, 1.54) is 0 Å². The molecule has 0 spiro atoms. The van der Waals surface area contributed by atoms with Gasteiger partial charge in [-0.05, 0) is 26.0 Å². The number of ether oxygens (including phenoxy) is 2. The van der Waals surface area contributed by atoms with Crippen LogP contribution in [0.2, 0.25) is 0 Å². The zero-order valence-corrected chi connectivity index (χ0v) is 12.3. The first-order chi connectivity index (χ1) is 9.19. The molecule has 0 atom stereocenters. The van der Waals surface area contributed by atoms with Gasteiger partial charge in [0, 0.05) is 18.5 Å². The fraction of sp³-hybridized carbons (Fsp3) is 0.500. The average molecular weight is 263 g/mol. The zero-order valence-electron chi connectivity index (χ0n) is 12.3. The van der Waals surface area contributed by atoms with Crippen LogP contribution in [0, 0.1) is 0 Å². The molecule has 0 aromatic heterocycles. The Morgan fingerprint density at radius 1 is 1.37 bits per heavy atom. The predicted molar refractivity (Wildman–Crippen MR) is 79.9 cm³/mol. The van der Waals surface area contributed by atoms with Gasteiger partial charge in [-0.2, -0.15) is 0 Å². The Bertz CT molecular complexity index is 402. The zero-order chi connectivity index (χ0) is 14.1. The number of rotatable bonds is 9. The first kappa shape index (κ1) is 15.6. The Labute approximate surface area is 116 Å². The van der Waals surface area contributed by atoms with Crippen molar-refractivity contribution in [1.82, 2.24) is 5.32 Å². The van der Waals surface area contributed by atoms with Crippen LogP contribution in [-0.2, 0) is 6.54 Å². The van der Waals surface area contributed by atoms with Gasteiger partial charge < -0.3 is 14.8 Å². The first-order valence-corrected chi connectivity index (χ1v) is 6.82. The monoisotopic (exact) mass is 263 g/mol. The van der Waals surface area contributed by atoms with Crippen molar-refractivity contribution in [2.75, 3.05) is 20.3 Å². The van der Waals surface area contributed by atoms with Crippen molar-refractivity contribution in [2.24, 2.45) is 0 Å². The summed E-state index contributed by atoms with van der Waals surface area (Å²) in [4.78, 5) is 0. The van der Waals surface area contributed by atoms with Gasteiger partial charge in [-0.15, -0.1) is 6.58 Å². The Morgan fingerprint density at radius 2 is 2.16 bits per heavy atom. The van der Waals surface area contributed by atoms with E-state index in [1.54, 1.807) is 7.11 Å². The van der Waals surface area contributed by atoms with Crippen molar-refractivity contribution >= 4 is 0 Å². The quantitative estimate of drug-likeness (QED) is 0.546. The van der Waals surface area contributed by atoms with Crippen molar-refractivity contribution in [1.29, 1.82) is 0 Å². The van der Waals surface area contributed by atoms with Gasteiger partial charge in [-0.1, -0.05) is 24.6 Å². The molecule has 106 valence electrons. The number of nitrogens with one attached hydrogen (secondary N) is 1. The maximum absolute atomic E-state index is 5.87. The highest BCUT2D eigenvalue weighted by Crippen LogP contribution is 2.31. The summed E-state index contributed by atoms with van der Waals surface area (Å²) in [6.07, 6.45) is 1.98. The lowest BCUT2D eigenvalue weighted by molar-refractivity contribution is 0.293.